The number of aromatic nitrogens is 3. The van der Waals surface area contributed by atoms with Crippen LogP contribution in [-0.4, -0.2) is 37.2 Å². The fraction of sp³-hybridized carbons (Fsp3) is 0.120. The number of carbonyl (C=O) groups is 1. The van der Waals surface area contributed by atoms with Gasteiger partial charge >= 0.3 is 0 Å². The van der Waals surface area contributed by atoms with E-state index in [-0.39, 0.29) is 17.4 Å². The number of nitrogens with zero attached hydrogens (tertiary/aromatic N) is 4. The summed E-state index contributed by atoms with van der Waals surface area (Å²) in [6.07, 6.45) is 0.630. The number of para-hydroxylation sites is 1. The van der Waals surface area contributed by atoms with E-state index >= 15 is 0 Å². The van der Waals surface area contributed by atoms with Crippen molar-refractivity contribution in [1.82, 2.24) is 20.2 Å². The van der Waals surface area contributed by atoms with Gasteiger partial charge in [0.25, 0.3) is 5.91 Å². The highest BCUT2D eigenvalue weighted by atomic mass is 35.5. The third kappa shape index (κ3) is 5.65. The lowest BCUT2D eigenvalue weighted by atomic mass is 10.1. The first kappa shape index (κ1) is 23.5. The minimum absolute atomic E-state index is 0.113. The molecule has 9 heteroatoms. The SMILES string of the molecule is CC/C(=N/NC(=O)CSc1nnc(-c2ccc(Cl)cc2)n1-c1ccccc1)c1ccc(O)cc1. The Kier molecular flexibility index (Phi) is 7.61. The first-order chi connectivity index (χ1) is 16.5. The van der Waals surface area contributed by atoms with Gasteiger partial charge in [0.15, 0.2) is 11.0 Å². The summed E-state index contributed by atoms with van der Waals surface area (Å²) in [5, 5.41) is 23.7. The summed E-state index contributed by atoms with van der Waals surface area (Å²) in [6.45, 7) is 1.95. The first-order valence-corrected chi connectivity index (χ1v) is 12.0. The monoisotopic (exact) mass is 491 g/mol. The second-order valence-corrected chi connectivity index (χ2v) is 8.65. The first-order valence-electron chi connectivity index (χ1n) is 10.6. The van der Waals surface area contributed by atoms with E-state index in [9.17, 15) is 9.90 Å². The Morgan fingerprint density at radius 1 is 1.03 bits per heavy atom. The fourth-order valence-electron chi connectivity index (χ4n) is 3.25. The molecule has 0 radical (unpaired) electrons. The maximum absolute atomic E-state index is 12.5. The maximum atomic E-state index is 12.5. The Labute approximate surface area is 206 Å². The van der Waals surface area contributed by atoms with Crippen LogP contribution >= 0.6 is 23.4 Å². The highest BCUT2D eigenvalue weighted by Crippen LogP contribution is 2.28. The minimum Gasteiger partial charge on any atom is -0.508 e. The average molecular weight is 492 g/mol. The zero-order chi connectivity index (χ0) is 23.9. The van der Waals surface area contributed by atoms with Crippen LogP contribution in [0.1, 0.15) is 18.9 Å². The molecular formula is C25H22ClN5O2S. The highest BCUT2D eigenvalue weighted by Gasteiger charge is 2.17. The van der Waals surface area contributed by atoms with Gasteiger partial charge in [0.2, 0.25) is 0 Å². The van der Waals surface area contributed by atoms with Crippen LogP contribution in [0.2, 0.25) is 5.02 Å². The predicted octanol–water partition coefficient (Wildman–Crippen LogP) is 5.32. The number of benzene rings is 3. The number of halogens is 1. The van der Waals surface area contributed by atoms with Gasteiger partial charge in [0.1, 0.15) is 5.75 Å². The summed E-state index contributed by atoms with van der Waals surface area (Å²) in [5.74, 6) is 0.691. The largest absolute Gasteiger partial charge is 0.508 e. The second-order valence-electron chi connectivity index (χ2n) is 7.27. The molecule has 172 valence electrons. The van der Waals surface area contributed by atoms with Crippen LogP contribution in [0.4, 0.5) is 0 Å². The fourth-order valence-corrected chi connectivity index (χ4v) is 4.12. The van der Waals surface area contributed by atoms with Crippen molar-refractivity contribution >= 4 is 35.0 Å². The van der Waals surface area contributed by atoms with Crippen molar-refractivity contribution in [2.45, 2.75) is 18.5 Å². The number of hydrogen-bond donors (Lipinski definition) is 2. The quantitative estimate of drug-likeness (QED) is 0.198. The van der Waals surface area contributed by atoms with Crippen molar-refractivity contribution in [3.8, 4) is 22.8 Å². The Morgan fingerprint density at radius 3 is 2.41 bits per heavy atom. The van der Waals surface area contributed by atoms with Gasteiger partial charge < -0.3 is 5.11 Å². The van der Waals surface area contributed by atoms with E-state index in [1.165, 1.54) is 11.8 Å². The van der Waals surface area contributed by atoms with Crippen LogP contribution in [0.15, 0.2) is 89.1 Å². The van der Waals surface area contributed by atoms with Crippen molar-refractivity contribution in [3.63, 3.8) is 0 Å². The Morgan fingerprint density at radius 2 is 1.74 bits per heavy atom. The summed E-state index contributed by atoms with van der Waals surface area (Å²) >= 11 is 7.32. The molecule has 0 aliphatic rings. The maximum Gasteiger partial charge on any atom is 0.250 e. The smallest absolute Gasteiger partial charge is 0.250 e. The lowest BCUT2D eigenvalue weighted by molar-refractivity contribution is -0.118. The van der Waals surface area contributed by atoms with Gasteiger partial charge in [-0.2, -0.15) is 5.10 Å². The van der Waals surface area contributed by atoms with Crippen molar-refractivity contribution in [3.05, 3.63) is 89.4 Å². The van der Waals surface area contributed by atoms with E-state index in [1.807, 2.05) is 54.0 Å². The third-order valence-electron chi connectivity index (χ3n) is 4.93. The van der Waals surface area contributed by atoms with Crippen LogP contribution in [0.5, 0.6) is 5.75 Å². The summed E-state index contributed by atoms with van der Waals surface area (Å²) < 4.78 is 1.92. The number of phenols is 1. The Hall–Kier alpha value is -3.62. The van der Waals surface area contributed by atoms with Crippen LogP contribution < -0.4 is 5.43 Å². The minimum atomic E-state index is -0.259. The number of thioether (sulfide) groups is 1. The van der Waals surface area contributed by atoms with Crippen LogP contribution in [-0.2, 0) is 4.79 Å². The number of hydrazone groups is 1. The molecule has 0 spiro atoms. The van der Waals surface area contributed by atoms with Gasteiger partial charge in [-0.1, -0.05) is 48.5 Å². The summed E-state index contributed by atoms with van der Waals surface area (Å²) in [5.41, 5.74) is 5.92. The molecule has 0 atom stereocenters. The molecule has 0 bridgehead atoms. The van der Waals surface area contributed by atoms with Gasteiger partial charge in [-0.15, -0.1) is 10.2 Å². The van der Waals surface area contributed by atoms with Gasteiger partial charge in [-0.3, -0.25) is 9.36 Å². The molecule has 0 aliphatic heterocycles. The molecule has 7 nitrogen and oxygen atoms in total. The topological polar surface area (TPSA) is 92.4 Å². The van der Waals surface area contributed by atoms with Crippen molar-refractivity contribution in [2.24, 2.45) is 5.10 Å². The van der Waals surface area contributed by atoms with Crippen LogP contribution in [0.25, 0.3) is 17.1 Å². The zero-order valence-electron chi connectivity index (χ0n) is 18.4. The van der Waals surface area contributed by atoms with Gasteiger partial charge in [-0.25, -0.2) is 5.43 Å². The number of rotatable bonds is 8. The van der Waals surface area contributed by atoms with E-state index in [4.69, 9.17) is 11.6 Å². The molecule has 1 amide bonds. The van der Waals surface area contributed by atoms with Crippen molar-refractivity contribution in [1.29, 1.82) is 0 Å². The molecule has 0 unspecified atom stereocenters. The highest BCUT2D eigenvalue weighted by molar-refractivity contribution is 7.99. The number of carbonyl (C=O) groups excluding carboxylic acids is 1. The van der Waals surface area contributed by atoms with Gasteiger partial charge in [-0.05, 0) is 72.6 Å². The number of nitrogens with one attached hydrogen (secondary N) is 1. The lowest BCUT2D eigenvalue weighted by Crippen LogP contribution is -2.22. The van der Waals surface area contributed by atoms with Crippen LogP contribution in [0.3, 0.4) is 0 Å². The predicted molar refractivity (Wildman–Crippen MR) is 136 cm³/mol. The Balaban J connectivity index is 1.52. The Bertz CT molecular complexity index is 1290. The average Bonchev–Trinajstić information content (AvgIpc) is 3.29. The summed E-state index contributed by atoms with van der Waals surface area (Å²) in [6, 6.07) is 23.8. The molecule has 0 saturated heterocycles. The molecule has 1 aromatic heterocycles. The standard InChI is InChI=1S/C25H22ClN5O2S/c1-2-22(17-10-14-21(32)15-11-17)27-28-23(33)16-34-25-30-29-24(18-8-12-19(26)13-9-18)31(25)20-6-4-3-5-7-20/h3-15,32H,2,16H2,1H3,(H,28,33)/b27-22-. The molecular weight excluding hydrogens is 470 g/mol. The van der Waals surface area contributed by atoms with E-state index in [0.717, 1.165) is 22.5 Å². The van der Waals surface area contributed by atoms with E-state index in [2.05, 4.69) is 20.7 Å². The van der Waals surface area contributed by atoms with Crippen molar-refractivity contribution < 1.29 is 9.90 Å². The number of hydrogen-bond acceptors (Lipinski definition) is 6. The molecule has 3 aromatic carbocycles. The molecule has 4 aromatic rings. The second kappa shape index (κ2) is 11.0. The molecule has 2 N–H and O–H groups in total. The lowest BCUT2D eigenvalue weighted by Gasteiger charge is -2.10. The molecule has 1 heterocycles. The molecule has 0 saturated carbocycles. The van der Waals surface area contributed by atoms with E-state index < -0.39 is 0 Å². The van der Waals surface area contributed by atoms with Gasteiger partial charge in [0.05, 0.1) is 11.5 Å². The summed E-state index contributed by atoms with van der Waals surface area (Å²) in [7, 11) is 0. The number of aromatic hydroxyl groups is 1. The molecule has 34 heavy (non-hydrogen) atoms. The van der Waals surface area contributed by atoms with E-state index in [1.54, 1.807) is 36.4 Å². The van der Waals surface area contributed by atoms with Crippen LogP contribution in [0, 0.1) is 0 Å². The molecule has 0 fully saturated rings. The summed E-state index contributed by atoms with van der Waals surface area (Å²) in [4.78, 5) is 12.5. The zero-order valence-corrected chi connectivity index (χ0v) is 19.9. The normalized spacial score (nSPS) is 11.4. The van der Waals surface area contributed by atoms with Gasteiger partial charge in [0, 0.05) is 16.3 Å². The van der Waals surface area contributed by atoms with Crippen molar-refractivity contribution in [2.75, 3.05) is 5.75 Å². The number of amides is 1. The molecule has 4 rings (SSSR count). The molecule has 0 aliphatic carbocycles. The number of phenolic OH excluding ortho intramolecular Hbond substituents is 1. The third-order valence-corrected chi connectivity index (χ3v) is 6.11. The van der Waals surface area contributed by atoms with E-state index in [0.29, 0.717) is 22.4 Å².